The predicted molar refractivity (Wildman–Crippen MR) is 49.5 cm³/mol. The molecular weight excluding hydrogens is 164 g/mol. The van der Waals surface area contributed by atoms with E-state index in [1.54, 1.807) is 0 Å². The number of hydrogen-bond acceptors (Lipinski definition) is 3. The third-order valence-electron chi connectivity index (χ3n) is 2.72. The van der Waals surface area contributed by atoms with Crippen molar-refractivity contribution in [1.29, 1.82) is 0 Å². The molecule has 70 valence electrons. The van der Waals surface area contributed by atoms with Crippen molar-refractivity contribution in [2.24, 2.45) is 0 Å². The molecule has 1 aromatic rings. The molecule has 0 saturated heterocycles. The number of hydrogen-bond donors (Lipinski definition) is 1. The lowest BCUT2D eigenvalue weighted by Gasteiger charge is -2.06. The zero-order valence-corrected chi connectivity index (χ0v) is 8.20. The lowest BCUT2D eigenvalue weighted by molar-refractivity contribution is 0.170. The van der Waals surface area contributed by atoms with Gasteiger partial charge in [-0.2, -0.15) is 0 Å². The van der Waals surface area contributed by atoms with Crippen molar-refractivity contribution in [3.05, 3.63) is 22.8 Å². The highest BCUT2D eigenvalue weighted by molar-refractivity contribution is 5.28. The first-order valence-electron chi connectivity index (χ1n) is 4.62. The van der Waals surface area contributed by atoms with Gasteiger partial charge in [0.05, 0.1) is 28.9 Å². The number of aliphatic hydroxyl groups excluding tert-OH is 1. The highest BCUT2D eigenvalue weighted by Crippen LogP contribution is 2.37. The van der Waals surface area contributed by atoms with Gasteiger partial charge in [0.1, 0.15) is 0 Å². The average Bonchev–Trinajstić information content (AvgIpc) is 2.31. The van der Waals surface area contributed by atoms with Crippen molar-refractivity contribution < 1.29 is 5.11 Å². The first-order valence-corrected chi connectivity index (χ1v) is 4.62. The normalized spacial score (nSPS) is 26.2. The quantitative estimate of drug-likeness (QED) is 0.656. The van der Waals surface area contributed by atoms with E-state index >= 15 is 0 Å². The Kier molecular flexibility index (Phi) is 1.84. The molecule has 0 fully saturated rings. The summed E-state index contributed by atoms with van der Waals surface area (Å²) in [5.41, 5.74) is 3.66. The van der Waals surface area contributed by atoms with E-state index in [-0.39, 0.29) is 0 Å². The molecule has 0 amide bonds. The summed E-state index contributed by atoms with van der Waals surface area (Å²) >= 11 is 0. The van der Waals surface area contributed by atoms with Crippen LogP contribution in [0, 0.1) is 13.8 Å². The lowest BCUT2D eigenvalue weighted by atomic mass is 10.1. The van der Waals surface area contributed by atoms with Crippen LogP contribution in [-0.4, -0.2) is 15.1 Å². The van der Waals surface area contributed by atoms with Crippen LogP contribution in [0.5, 0.6) is 0 Å². The zero-order chi connectivity index (χ0) is 9.59. The van der Waals surface area contributed by atoms with Gasteiger partial charge in [-0.25, -0.2) is 0 Å². The van der Waals surface area contributed by atoms with Crippen LogP contribution in [0.2, 0.25) is 0 Å². The van der Waals surface area contributed by atoms with Gasteiger partial charge < -0.3 is 5.11 Å². The van der Waals surface area contributed by atoms with Gasteiger partial charge in [-0.15, -0.1) is 0 Å². The van der Waals surface area contributed by atoms with Crippen molar-refractivity contribution in [2.75, 3.05) is 0 Å². The summed E-state index contributed by atoms with van der Waals surface area (Å²) in [6.45, 7) is 5.97. The Morgan fingerprint density at radius 3 is 2.31 bits per heavy atom. The zero-order valence-electron chi connectivity index (χ0n) is 8.20. The van der Waals surface area contributed by atoms with Gasteiger partial charge in [-0.05, 0) is 20.3 Å². The molecule has 0 spiro atoms. The maximum absolute atomic E-state index is 9.66. The van der Waals surface area contributed by atoms with Gasteiger partial charge in [-0.1, -0.05) is 6.92 Å². The van der Waals surface area contributed by atoms with Gasteiger partial charge >= 0.3 is 0 Å². The minimum absolute atomic E-state index is 0.344. The fourth-order valence-electron chi connectivity index (χ4n) is 1.80. The molecule has 0 unspecified atom stereocenters. The molecule has 2 rings (SSSR count). The second kappa shape index (κ2) is 2.77. The van der Waals surface area contributed by atoms with Crippen molar-refractivity contribution in [1.82, 2.24) is 9.97 Å². The molecule has 1 heterocycles. The van der Waals surface area contributed by atoms with Crippen LogP contribution in [0.15, 0.2) is 0 Å². The number of aliphatic hydroxyl groups is 1. The van der Waals surface area contributed by atoms with E-state index in [4.69, 9.17) is 0 Å². The van der Waals surface area contributed by atoms with Gasteiger partial charge in [0.15, 0.2) is 0 Å². The Bertz CT molecular complexity index is 316. The minimum Gasteiger partial charge on any atom is -0.387 e. The molecule has 0 aliphatic heterocycles. The second-order valence-corrected chi connectivity index (χ2v) is 3.82. The van der Waals surface area contributed by atoms with Crippen molar-refractivity contribution in [3.8, 4) is 0 Å². The van der Waals surface area contributed by atoms with E-state index in [0.717, 1.165) is 29.2 Å². The number of rotatable bonds is 0. The largest absolute Gasteiger partial charge is 0.387 e. The van der Waals surface area contributed by atoms with Crippen molar-refractivity contribution in [3.63, 3.8) is 0 Å². The number of nitrogens with zero attached hydrogens (tertiary/aromatic N) is 2. The molecule has 1 aliphatic carbocycles. The molecule has 0 aromatic carbocycles. The maximum Gasteiger partial charge on any atom is 0.0984 e. The molecule has 3 nitrogen and oxygen atoms in total. The van der Waals surface area contributed by atoms with Gasteiger partial charge in [0, 0.05) is 5.92 Å². The molecule has 1 aliphatic rings. The molecule has 3 heteroatoms. The van der Waals surface area contributed by atoms with Crippen LogP contribution in [0.1, 0.15) is 48.1 Å². The van der Waals surface area contributed by atoms with E-state index in [1.165, 1.54) is 0 Å². The first-order chi connectivity index (χ1) is 6.09. The fourth-order valence-corrected chi connectivity index (χ4v) is 1.80. The average molecular weight is 178 g/mol. The summed E-state index contributed by atoms with van der Waals surface area (Å²) in [4.78, 5) is 8.83. The molecule has 0 radical (unpaired) electrons. The Hall–Kier alpha value is -0.960. The second-order valence-electron chi connectivity index (χ2n) is 3.82. The van der Waals surface area contributed by atoms with E-state index in [1.807, 2.05) is 13.8 Å². The maximum atomic E-state index is 9.66. The third kappa shape index (κ3) is 1.23. The predicted octanol–water partition coefficient (Wildman–Crippen LogP) is 1.63. The highest BCUT2D eigenvalue weighted by atomic mass is 16.3. The SMILES string of the molecule is Cc1nc2c(nc1C)[C@@H](O)C[C@H]2C. The van der Waals surface area contributed by atoms with Crippen LogP contribution >= 0.6 is 0 Å². The molecular formula is C10H14N2O. The van der Waals surface area contributed by atoms with Crippen LogP contribution in [0.25, 0.3) is 0 Å². The number of aryl methyl sites for hydroxylation is 2. The summed E-state index contributed by atoms with van der Waals surface area (Å²) in [5.74, 6) is 0.344. The first kappa shape index (κ1) is 8.63. The summed E-state index contributed by atoms with van der Waals surface area (Å²) in [6, 6.07) is 0. The summed E-state index contributed by atoms with van der Waals surface area (Å²) in [6.07, 6.45) is 0.356. The monoisotopic (exact) mass is 178 g/mol. The topological polar surface area (TPSA) is 46.0 Å². The van der Waals surface area contributed by atoms with E-state index in [2.05, 4.69) is 16.9 Å². The van der Waals surface area contributed by atoms with Crippen LogP contribution in [-0.2, 0) is 0 Å². The van der Waals surface area contributed by atoms with Gasteiger partial charge in [-0.3, -0.25) is 9.97 Å². The minimum atomic E-state index is -0.406. The summed E-state index contributed by atoms with van der Waals surface area (Å²) in [7, 11) is 0. The highest BCUT2D eigenvalue weighted by Gasteiger charge is 2.29. The Labute approximate surface area is 77.8 Å². The standard InChI is InChI=1S/C10H14N2O/c1-5-4-8(13)10-9(5)11-6(2)7(3)12-10/h5,8,13H,4H2,1-3H3/t5-,8+/m1/s1. The van der Waals surface area contributed by atoms with Gasteiger partial charge in [0.2, 0.25) is 0 Å². The Morgan fingerprint density at radius 1 is 1.15 bits per heavy atom. The summed E-state index contributed by atoms with van der Waals surface area (Å²) in [5, 5.41) is 9.66. The molecule has 0 saturated carbocycles. The molecule has 2 atom stereocenters. The van der Waals surface area contributed by atoms with E-state index in [0.29, 0.717) is 5.92 Å². The molecule has 1 aromatic heterocycles. The number of aromatic nitrogens is 2. The van der Waals surface area contributed by atoms with Crippen LogP contribution < -0.4 is 0 Å². The summed E-state index contributed by atoms with van der Waals surface area (Å²) < 4.78 is 0. The van der Waals surface area contributed by atoms with Crippen molar-refractivity contribution >= 4 is 0 Å². The molecule has 0 bridgehead atoms. The Morgan fingerprint density at radius 2 is 1.69 bits per heavy atom. The van der Waals surface area contributed by atoms with Crippen LogP contribution in [0.4, 0.5) is 0 Å². The third-order valence-corrected chi connectivity index (χ3v) is 2.72. The van der Waals surface area contributed by atoms with E-state index < -0.39 is 6.10 Å². The molecule has 13 heavy (non-hydrogen) atoms. The smallest absolute Gasteiger partial charge is 0.0984 e. The Balaban J connectivity index is 2.58. The number of fused-ring (bicyclic) bond motifs is 1. The van der Waals surface area contributed by atoms with Gasteiger partial charge in [0.25, 0.3) is 0 Å². The fraction of sp³-hybridized carbons (Fsp3) is 0.600. The van der Waals surface area contributed by atoms with E-state index in [9.17, 15) is 5.11 Å². The van der Waals surface area contributed by atoms with Crippen molar-refractivity contribution in [2.45, 2.75) is 39.2 Å². The van der Waals surface area contributed by atoms with Crippen LogP contribution in [0.3, 0.4) is 0 Å². The molecule has 1 N–H and O–H groups in total. The lowest BCUT2D eigenvalue weighted by Crippen LogP contribution is -2.02.